The van der Waals surface area contributed by atoms with Gasteiger partial charge in [-0.25, -0.2) is 4.39 Å². The molecule has 0 aromatic heterocycles. The molecule has 0 atom stereocenters. The van der Waals surface area contributed by atoms with E-state index in [1.807, 2.05) is 20.8 Å². The van der Waals surface area contributed by atoms with E-state index in [1.54, 1.807) is 0 Å². The Hall–Kier alpha value is -0.600. The topological polar surface area (TPSA) is 26.0 Å². The molecule has 0 aliphatic carbocycles. The third-order valence-electron chi connectivity index (χ3n) is 2.00. The Balaban J connectivity index is 3.37. The third kappa shape index (κ3) is 2.20. The summed E-state index contributed by atoms with van der Waals surface area (Å²) in [5.41, 5.74) is 6.90. The molecule has 1 aromatic rings. The summed E-state index contributed by atoms with van der Waals surface area (Å²) in [6.07, 6.45) is 0. The molecule has 1 aromatic carbocycles. The molecule has 0 saturated heterocycles. The fourth-order valence-electron chi connectivity index (χ4n) is 1.32. The van der Waals surface area contributed by atoms with Crippen LogP contribution in [0.4, 0.5) is 4.39 Å². The predicted molar refractivity (Wildman–Crippen MR) is 53.4 cm³/mol. The zero-order chi connectivity index (χ0) is 10.2. The highest BCUT2D eigenvalue weighted by atomic mass is 35.5. The molecule has 0 fully saturated rings. The van der Waals surface area contributed by atoms with Gasteiger partial charge in [-0.3, -0.25) is 0 Å². The van der Waals surface area contributed by atoms with Gasteiger partial charge >= 0.3 is 0 Å². The lowest BCUT2D eigenvalue weighted by atomic mass is 9.91. The smallest absolute Gasteiger partial charge is 0.125 e. The maximum Gasteiger partial charge on any atom is 0.125 e. The summed E-state index contributed by atoms with van der Waals surface area (Å²) in [6.45, 7) is 5.49. The first-order valence-corrected chi connectivity index (χ1v) is 4.45. The maximum absolute atomic E-state index is 13.0. The average Bonchev–Trinajstić information content (AvgIpc) is 1.94. The van der Waals surface area contributed by atoms with E-state index in [2.05, 4.69) is 0 Å². The minimum atomic E-state index is -0.560. The van der Waals surface area contributed by atoms with Gasteiger partial charge in [0, 0.05) is 10.6 Å². The van der Waals surface area contributed by atoms with Crippen molar-refractivity contribution in [2.45, 2.75) is 26.3 Å². The van der Waals surface area contributed by atoms with E-state index in [9.17, 15) is 4.39 Å². The van der Waals surface area contributed by atoms with Crippen LogP contribution in [0.5, 0.6) is 0 Å². The Morgan fingerprint density at radius 1 is 1.38 bits per heavy atom. The number of hydrogen-bond acceptors (Lipinski definition) is 1. The van der Waals surface area contributed by atoms with Gasteiger partial charge in [-0.2, -0.15) is 0 Å². The zero-order valence-electron chi connectivity index (χ0n) is 7.99. The summed E-state index contributed by atoms with van der Waals surface area (Å²) in [6, 6.07) is 2.73. The summed E-state index contributed by atoms with van der Waals surface area (Å²) < 4.78 is 13.0. The fraction of sp³-hybridized carbons (Fsp3) is 0.400. The second-order valence-corrected chi connectivity index (χ2v) is 4.19. The summed E-state index contributed by atoms with van der Waals surface area (Å²) in [4.78, 5) is 0. The van der Waals surface area contributed by atoms with Crippen molar-refractivity contribution in [1.29, 1.82) is 0 Å². The van der Waals surface area contributed by atoms with Crippen molar-refractivity contribution in [3.05, 3.63) is 34.1 Å². The van der Waals surface area contributed by atoms with Crippen LogP contribution in [0, 0.1) is 12.7 Å². The monoisotopic (exact) mass is 201 g/mol. The second kappa shape index (κ2) is 3.28. The maximum atomic E-state index is 13.0. The fourth-order valence-corrected chi connectivity index (χ4v) is 1.52. The van der Waals surface area contributed by atoms with E-state index in [4.69, 9.17) is 17.3 Å². The average molecular weight is 202 g/mol. The first-order chi connectivity index (χ1) is 5.82. The van der Waals surface area contributed by atoms with Gasteiger partial charge in [-0.15, -0.1) is 0 Å². The molecule has 0 bridgehead atoms. The Morgan fingerprint density at radius 2 is 1.92 bits per heavy atom. The Bertz CT molecular complexity index is 328. The largest absolute Gasteiger partial charge is 0.322 e. The highest BCUT2D eigenvalue weighted by Crippen LogP contribution is 2.27. The molecule has 0 spiro atoms. The molecule has 1 nitrogen and oxygen atoms in total. The van der Waals surface area contributed by atoms with Gasteiger partial charge in [0.25, 0.3) is 0 Å². The third-order valence-corrected chi connectivity index (χ3v) is 2.40. The van der Waals surface area contributed by atoms with Gasteiger partial charge in [-0.05, 0) is 44.0 Å². The van der Waals surface area contributed by atoms with Crippen molar-refractivity contribution < 1.29 is 4.39 Å². The predicted octanol–water partition coefficient (Wildman–Crippen LogP) is 2.98. The Labute approximate surface area is 82.7 Å². The first-order valence-electron chi connectivity index (χ1n) is 4.07. The molecule has 0 saturated carbocycles. The van der Waals surface area contributed by atoms with Crippen LogP contribution in [0.15, 0.2) is 12.1 Å². The summed E-state index contributed by atoms with van der Waals surface area (Å²) in [7, 11) is 0. The molecule has 0 aliphatic rings. The molecule has 3 heteroatoms. The van der Waals surface area contributed by atoms with Crippen molar-refractivity contribution >= 4 is 11.6 Å². The van der Waals surface area contributed by atoms with E-state index < -0.39 is 5.54 Å². The number of rotatable bonds is 1. The molecule has 0 aliphatic heterocycles. The van der Waals surface area contributed by atoms with Gasteiger partial charge in [0.1, 0.15) is 5.82 Å². The van der Waals surface area contributed by atoms with Gasteiger partial charge in [0.05, 0.1) is 0 Å². The Morgan fingerprint density at radius 3 is 2.38 bits per heavy atom. The number of nitrogens with two attached hydrogens (primary N) is 1. The summed E-state index contributed by atoms with van der Waals surface area (Å²) in [5, 5.41) is 0.425. The van der Waals surface area contributed by atoms with Crippen molar-refractivity contribution in [1.82, 2.24) is 0 Å². The molecule has 0 unspecified atom stereocenters. The Kier molecular flexibility index (Phi) is 2.64. The van der Waals surface area contributed by atoms with E-state index in [1.165, 1.54) is 12.1 Å². The molecule has 2 N–H and O–H groups in total. The molecular formula is C10H13ClFN. The molecule has 0 heterocycles. The first kappa shape index (κ1) is 10.5. The normalized spacial score (nSPS) is 11.8. The van der Waals surface area contributed by atoms with Gasteiger partial charge < -0.3 is 5.73 Å². The SMILES string of the molecule is Cc1c(Cl)cc(F)cc1C(C)(C)N. The van der Waals surface area contributed by atoms with Crippen LogP contribution in [0.2, 0.25) is 5.02 Å². The molecule has 1 rings (SSSR count). The minimum Gasteiger partial charge on any atom is -0.322 e. The van der Waals surface area contributed by atoms with Crippen LogP contribution >= 0.6 is 11.6 Å². The lowest BCUT2D eigenvalue weighted by Gasteiger charge is -2.22. The molecular weight excluding hydrogens is 189 g/mol. The number of benzene rings is 1. The standard InChI is InChI=1S/C10H13ClFN/c1-6-8(10(2,3)13)4-7(12)5-9(6)11/h4-5H,13H2,1-3H3. The van der Waals surface area contributed by atoms with Crippen molar-refractivity contribution in [2.24, 2.45) is 5.73 Å². The van der Waals surface area contributed by atoms with Gasteiger partial charge in [0.15, 0.2) is 0 Å². The molecule has 13 heavy (non-hydrogen) atoms. The van der Waals surface area contributed by atoms with Gasteiger partial charge in [0.2, 0.25) is 0 Å². The van der Waals surface area contributed by atoms with E-state index in [-0.39, 0.29) is 5.82 Å². The van der Waals surface area contributed by atoms with E-state index in [0.717, 1.165) is 11.1 Å². The number of halogens is 2. The summed E-state index contributed by atoms with van der Waals surface area (Å²) in [5.74, 6) is -0.343. The summed E-state index contributed by atoms with van der Waals surface area (Å²) >= 11 is 5.83. The minimum absolute atomic E-state index is 0.343. The number of hydrogen-bond donors (Lipinski definition) is 1. The van der Waals surface area contributed by atoms with E-state index >= 15 is 0 Å². The van der Waals surface area contributed by atoms with Crippen LogP contribution < -0.4 is 5.73 Å². The van der Waals surface area contributed by atoms with Crippen molar-refractivity contribution in [2.75, 3.05) is 0 Å². The lowest BCUT2D eigenvalue weighted by Crippen LogP contribution is -2.29. The van der Waals surface area contributed by atoms with Crippen molar-refractivity contribution in [3.8, 4) is 0 Å². The molecule has 72 valence electrons. The van der Waals surface area contributed by atoms with Crippen LogP contribution in [0.3, 0.4) is 0 Å². The van der Waals surface area contributed by atoms with Crippen molar-refractivity contribution in [3.63, 3.8) is 0 Å². The highest BCUT2D eigenvalue weighted by molar-refractivity contribution is 6.31. The van der Waals surface area contributed by atoms with Crippen LogP contribution in [-0.2, 0) is 5.54 Å². The zero-order valence-corrected chi connectivity index (χ0v) is 8.74. The van der Waals surface area contributed by atoms with Crippen LogP contribution in [0.25, 0.3) is 0 Å². The second-order valence-electron chi connectivity index (χ2n) is 3.78. The molecule has 0 amide bonds. The van der Waals surface area contributed by atoms with E-state index in [0.29, 0.717) is 5.02 Å². The van der Waals surface area contributed by atoms with Gasteiger partial charge in [-0.1, -0.05) is 11.6 Å². The van der Waals surface area contributed by atoms with Crippen LogP contribution in [-0.4, -0.2) is 0 Å². The quantitative estimate of drug-likeness (QED) is 0.743. The highest BCUT2D eigenvalue weighted by Gasteiger charge is 2.19. The lowest BCUT2D eigenvalue weighted by molar-refractivity contribution is 0.540. The molecule has 0 radical (unpaired) electrons. The van der Waals surface area contributed by atoms with Crippen LogP contribution in [0.1, 0.15) is 25.0 Å².